The van der Waals surface area contributed by atoms with E-state index in [9.17, 15) is 4.79 Å². The molecule has 118 valence electrons. The van der Waals surface area contributed by atoms with E-state index < -0.39 is 0 Å². The van der Waals surface area contributed by atoms with E-state index in [1.165, 1.54) is 22.1 Å². The minimum atomic E-state index is 0.0536. The first-order chi connectivity index (χ1) is 11.3. The summed E-state index contributed by atoms with van der Waals surface area (Å²) in [7, 11) is 0. The van der Waals surface area contributed by atoms with Crippen LogP contribution in [0.4, 0.5) is 5.13 Å². The third kappa shape index (κ3) is 3.96. The zero-order valence-electron chi connectivity index (χ0n) is 13.2. The van der Waals surface area contributed by atoms with Gasteiger partial charge in [-0.15, -0.1) is 11.3 Å². The molecule has 0 aliphatic carbocycles. The molecule has 0 radical (unpaired) electrons. The highest BCUT2D eigenvalue weighted by Gasteiger charge is 2.08. The van der Waals surface area contributed by atoms with Crippen LogP contribution < -0.4 is 5.32 Å². The normalized spacial score (nSPS) is 10.8. The minimum Gasteiger partial charge on any atom is -0.302 e. The van der Waals surface area contributed by atoms with E-state index in [2.05, 4.69) is 47.6 Å². The predicted molar refractivity (Wildman–Crippen MR) is 97.8 cm³/mol. The number of hydrogen-bond acceptors (Lipinski definition) is 3. The molecule has 3 rings (SSSR count). The zero-order valence-corrected chi connectivity index (χ0v) is 14.0. The lowest BCUT2D eigenvalue weighted by Gasteiger charge is -2.02. The standard InChI is InChI=1S/C19H20N2OS/c1-2-3-4-9-18(22)21-19-20-17(13-23-19)16-11-10-14-7-5-6-8-15(14)12-16/h5-8,10-13H,2-4,9H2,1H3,(H,20,21,22). The summed E-state index contributed by atoms with van der Waals surface area (Å²) in [4.78, 5) is 16.4. The quantitative estimate of drug-likeness (QED) is 0.610. The van der Waals surface area contributed by atoms with Gasteiger partial charge in [-0.05, 0) is 23.3 Å². The highest BCUT2D eigenvalue weighted by atomic mass is 32.1. The summed E-state index contributed by atoms with van der Waals surface area (Å²) < 4.78 is 0. The van der Waals surface area contributed by atoms with Crippen molar-refractivity contribution < 1.29 is 4.79 Å². The topological polar surface area (TPSA) is 42.0 Å². The maximum atomic E-state index is 11.9. The van der Waals surface area contributed by atoms with Gasteiger partial charge in [0.05, 0.1) is 5.69 Å². The molecule has 0 aliphatic heterocycles. The first kappa shape index (κ1) is 15.7. The molecule has 1 N–H and O–H groups in total. The van der Waals surface area contributed by atoms with Crippen LogP contribution in [0.15, 0.2) is 47.8 Å². The first-order valence-corrected chi connectivity index (χ1v) is 8.89. The Kier molecular flexibility index (Phi) is 5.03. The molecule has 0 unspecified atom stereocenters. The Morgan fingerprint density at radius 2 is 1.96 bits per heavy atom. The van der Waals surface area contributed by atoms with Crippen LogP contribution in [0.5, 0.6) is 0 Å². The maximum absolute atomic E-state index is 11.9. The number of fused-ring (bicyclic) bond motifs is 1. The van der Waals surface area contributed by atoms with Crippen molar-refractivity contribution in [3.63, 3.8) is 0 Å². The van der Waals surface area contributed by atoms with Gasteiger partial charge in [0.2, 0.25) is 5.91 Å². The molecule has 0 aliphatic rings. The summed E-state index contributed by atoms with van der Waals surface area (Å²) in [6.07, 6.45) is 3.72. The molecular formula is C19H20N2OS. The van der Waals surface area contributed by atoms with Gasteiger partial charge in [-0.25, -0.2) is 4.98 Å². The molecule has 3 nitrogen and oxygen atoms in total. The predicted octanol–water partition coefficient (Wildman–Crippen LogP) is 5.48. The Morgan fingerprint density at radius 1 is 1.13 bits per heavy atom. The van der Waals surface area contributed by atoms with E-state index in [-0.39, 0.29) is 5.91 Å². The van der Waals surface area contributed by atoms with Crippen LogP contribution in [0, 0.1) is 0 Å². The van der Waals surface area contributed by atoms with Gasteiger partial charge in [-0.1, -0.05) is 56.2 Å². The van der Waals surface area contributed by atoms with Crippen molar-refractivity contribution in [2.24, 2.45) is 0 Å². The lowest BCUT2D eigenvalue weighted by atomic mass is 10.1. The molecule has 1 heterocycles. The molecule has 23 heavy (non-hydrogen) atoms. The second kappa shape index (κ2) is 7.38. The van der Waals surface area contributed by atoms with Gasteiger partial charge in [-0.2, -0.15) is 0 Å². The number of anilines is 1. The van der Waals surface area contributed by atoms with Crippen molar-refractivity contribution in [3.8, 4) is 11.3 Å². The molecule has 0 saturated carbocycles. The maximum Gasteiger partial charge on any atom is 0.226 e. The molecule has 1 amide bonds. The van der Waals surface area contributed by atoms with Crippen LogP contribution in [0.25, 0.3) is 22.0 Å². The van der Waals surface area contributed by atoms with Crippen LogP contribution in [-0.4, -0.2) is 10.9 Å². The number of benzene rings is 2. The fourth-order valence-corrected chi connectivity index (χ4v) is 3.27. The van der Waals surface area contributed by atoms with Crippen molar-refractivity contribution in [1.82, 2.24) is 4.98 Å². The second-order valence-electron chi connectivity index (χ2n) is 5.61. The van der Waals surface area contributed by atoms with E-state index in [0.717, 1.165) is 30.5 Å². The highest BCUT2D eigenvalue weighted by Crippen LogP contribution is 2.27. The van der Waals surface area contributed by atoms with Crippen LogP contribution >= 0.6 is 11.3 Å². The second-order valence-corrected chi connectivity index (χ2v) is 6.46. The number of rotatable bonds is 6. The number of nitrogens with zero attached hydrogens (tertiary/aromatic N) is 1. The number of carbonyl (C=O) groups is 1. The highest BCUT2D eigenvalue weighted by molar-refractivity contribution is 7.14. The van der Waals surface area contributed by atoms with Gasteiger partial charge in [0.25, 0.3) is 0 Å². The Balaban J connectivity index is 1.71. The van der Waals surface area contributed by atoms with Gasteiger partial charge in [0.15, 0.2) is 5.13 Å². The number of thiazole rings is 1. The van der Waals surface area contributed by atoms with E-state index >= 15 is 0 Å². The molecule has 0 bridgehead atoms. The number of nitrogens with one attached hydrogen (secondary N) is 1. The fourth-order valence-electron chi connectivity index (χ4n) is 2.53. The third-order valence-electron chi connectivity index (χ3n) is 3.80. The molecular weight excluding hydrogens is 304 g/mol. The fraction of sp³-hybridized carbons (Fsp3) is 0.263. The number of aromatic nitrogens is 1. The first-order valence-electron chi connectivity index (χ1n) is 8.01. The van der Waals surface area contributed by atoms with E-state index in [1.54, 1.807) is 0 Å². The van der Waals surface area contributed by atoms with Crippen molar-refractivity contribution in [2.75, 3.05) is 5.32 Å². The van der Waals surface area contributed by atoms with Gasteiger partial charge >= 0.3 is 0 Å². The van der Waals surface area contributed by atoms with Gasteiger partial charge in [0, 0.05) is 17.4 Å². The van der Waals surface area contributed by atoms with E-state index in [0.29, 0.717) is 11.6 Å². The van der Waals surface area contributed by atoms with Crippen molar-refractivity contribution >= 4 is 33.1 Å². The lowest BCUT2D eigenvalue weighted by molar-refractivity contribution is -0.116. The van der Waals surface area contributed by atoms with Crippen LogP contribution in [0.2, 0.25) is 0 Å². The molecule has 1 aromatic heterocycles. The van der Waals surface area contributed by atoms with Gasteiger partial charge < -0.3 is 5.32 Å². The number of amides is 1. The van der Waals surface area contributed by atoms with Crippen LogP contribution in [0.1, 0.15) is 32.6 Å². The van der Waals surface area contributed by atoms with Crippen LogP contribution in [0.3, 0.4) is 0 Å². The molecule has 2 aromatic carbocycles. The Morgan fingerprint density at radius 3 is 2.78 bits per heavy atom. The van der Waals surface area contributed by atoms with E-state index in [4.69, 9.17) is 0 Å². The van der Waals surface area contributed by atoms with Crippen molar-refractivity contribution in [1.29, 1.82) is 0 Å². The summed E-state index contributed by atoms with van der Waals surface area (Å²) in [5, 5.41) is 7.98. The number of unbranched alkanes of at least 4 members (excludes halogenated alkanes) is 2. The summed E-state index contributed by atoms with van der Waals surface area (Å²) in [5.41, 5.74) is 1.98. The Labute approximate surface area is 140 Å². The van der Waals surface area contributed by atoms with Crippen molar-refractivity contribution in [3.05, 3.63) is 47.8 Å². The molecule has 0 fully saturated rings. The number of carbonyl (C=O) groups excluding carboxylic acids is 1. The molecule has 4 heteroatoms. The minimum absolute atomic E-state index is 0.0536. The largest absolute Gasteiger partial charge is 0.302 e. The summed E-state index contributed by atoms with van der Waals surface area (Å²) >= 11 is 1.47. The van der Waals surface area contributed by atoms with Crippen LogP contribution in [-0.2, 0) is 4.79 Å². The Bertz CT molecular complexity index is 810. The summed E-state index contributed by atoms with van der Waals surface area (Å²) in [6.45, 7) is 2.13. The zero-order chi connectivity index (χ0) is 16.1. The molecule has 3 aromatic rings. The van der Waals surface area contributed by atoms with Gasteiger partial charge in [0.1, 0.15) is 0 Å². The molecule has 0 spiro atoms. The SMILES string of the molecule is CCCCCC(=O)Nc1nc(-c2ccc3ccccc3c2)cs1. The average Bonchev–Trinajstić information content (AvgIpc) is 3.03. The summed E-state index contributed by atoms with van der Waals surface area (Å²) in [5.74, 6) is 0.0536. The van der Waals surface area contributed by atoms with Gasteiger partial charge in [-0.3, -0.25) is 4.79 Å². The van der Waals surface area contributed by atoms with Crippen molar-refractivity contribution in [2.45, 2.75) is 32.6 Å². The monoisotopic (exact) mass is 324 g/mol. The van der Waals surface area contributed by atoms with E-state index in [1.807, 2.05) is 17.5 Å². The third-order valence-corrected chi connectivity index (χ3v) is 4.56. The summed E-state index contributed by atoms with van der Waals surface area (Å²) in [6, 6.07) is 14.6. The Hall–Kier alpha value is -2.20. The molecule has 0 atom stereocenters. The lowest BCUT2D eigenvalue weighted by Crippen LogP contribution is -2.10. The average molecular weight is 324 g/mol. The molecule has 0 saturated heterocycles. The smallest absolute Gasteiger partial charge is 0.226 e. The number of hydrogen-bond donors (Lipinski definition) is 1.